The quantitative estimate of drug-likeness (QED) is 0.622. The Labute approximate surface area is 158 Å². The Kier molecular flexibility index (Phi) is 5.12. The first-order valence-electron chi connectivity index (χ1n) is 9.59. The van der Waals surface area contributed by atoms with Gasteiger partial charge in [-0.1, -0.05) is 12.5 Å². The highest BCUT2D eigenvalue weighted by Gasteiger charge is 2.13. The molecule has 1 unspecified atom stereocenters. The molecule has 0 aliphatic carbocycles. The molecule has 1 aliphatic heterocycles. The molecule has 0 bridgehead atoms. The number of aromatic amines is 1. The Hall–Kier alpha value is -2.79. The van der Waals surface area contributed by atoms with E-state index in [9.17, 15) is 4.79 Å². The maximum atomic E-state index is 11.6. The lowest BCUT2D eigenvalue weighted by molar-refractivity contribution is 0.100. The zero-order chi connectivity index (χ0) is 18.6. The third-order valence-corrected chi connectivity index (χ3v) is 5.24. The molecule has 1 atom stereocenters. The number of hydrogen-bond donors (Lipinski definition) is 3. The van der Waals surface area contributed by atoms with Crippen LogP contribution in [0.5, 0.6) is 5.75 Å². The third-order valence-electron chi connectivity index (χ3n) is 5.24. The van der Waals surface area contributed by atoms with Crippen LogP contribution >= 0.6 is 0 Å². The number of amides is 1. The summed E-state index contributed by atoms with van der Waals surface area (Å²) in [5.41, 5.74) is 8.91. The maximum Gasteiger partial charge on any atom is 0.249 e. The average molecular weight is 363 g/mol. The Morgan fingerprint density at radius 3 is 2.74 bits per heavy atom. The fourth-order valence-electron chi connectivity index (χ4n) is 3.75. The van der Waals surface area contributed by atoms with E-state index in [-0.39, 0.29) is 0 Å². The van der Waals surface area contributed by atoms with Crippen molar-refractivity contribution in [1.29, 1.82) is 0 Å². The number of nitrogens with one attached hydrogen (secondary N) is 2. The number of ether oxygens (including phenoxy) is 1. The molecule has 140 valence electrons. The molecule has 5 nitrogen and oxygen atoms in total. The van der Waals surface area contributed by atoms with Crippen molar-refractivity contribution in [3.8, 4) is 17.0 Å². The number of carbonyl (C=O) groups is 1. The molecule has 1 fully saturated rings. The van der Waals surface area contributed by atoms with Crippen LogP contribution in [0.25, 0.3) is 22.2 Å². The second kappa shape index (κ2) is 7.84. The predicted octanol–water partition coefficient (Wildman–Crippen LogP) is 3.84. The average Bonchev–Trinajstić information content (AvgIpc) is 3.13. The second-order valence-electron chi connectivity index (χ2n) is 7.12. The van der Waals surface area contributed by atoms with Crippen LogP contribution in [-0.2, 0) is 0 Å². The minimum absolute atomic E-state index is 0.414. The molecule has 0 radical (unpaired) electrons. The number of piperidine rings is 1. The minimum atomic E-state index is -0.414. The van der Waals surface area contributed by atoms with Crippen molar-refractivity contribution < 1.29 is 9.53 Å². The zero-order valence-electron chi connectivity index (χ0n) is 15.3. The van der Waals surface area contributed by atoms with Crippen LogP contribution in [0.15, 0.2) is 48.5 Å². The fraction of sp³-hybridized carbons (Fsp3) is 0.318. The van der Waals surface area contributed by atoms with E-state index in [0.717, 1.165) is 47.5 Å². The van der Waals surface area contributed by atoms with Crippen molar-refractivity contribution in [3.05, 3.63) is 54.1 Å². The van der Waals surface area contributed by atoms with Crippen LogP contribution in [0.3, 0.4) is 0 Å². The highest BCUT2D eigenvalue weighted by molar-refractivity contribution is 6.06. The van der Waals surface area contributed by atoms with E-state index >= 15 is 0 Å². The Balaban J connectivity index is 1.43. The van der Waals surface area contributed by atoms with Gasteiger partial charge in [0.2, 0.25) is 5.91 Å². The summed E-state index contributed by atoms with van der Waals surface area (Å²) in [6.07, 6.45) is 4.89. The predicted molar refractivity (Wildman–Crippen MR) is 108 cm³/mol. The summed E-state index contributed by atoms with van der Waals surface area (Å²) in [7, 11) is 0. The molecule has 1 aromatic heterocycles. The van der Waals surface area contributed by atoms with Gasteiger partial charge in [0, 0.05) is 28.2 Å². The Morgan fingerprint density at radius 2 is 2.00 bits per heavy atom. The van der Waals surface area contributed by atoms with E-state index in [2.05, 4.69) is 10.3 Å². The molecule has 1 saturated heterocycles. The van der Waals surface area contributed by atoms with Gasteiger partial charge in [0.1, 0.15) is 5.75 Å². The van der Waals surface area contributed by atoms with Crippen molar-refractivity contribution in [2.75, 3.05) is 13.2 Å². The molecule has 1 aliphatic rings. The maximum absolute atomic E-state index is 11.6. The first-order valence-corrected chi connectivity index (χ1v) is 9.59. The molecule has 0 spiro atoms. The lowest BCUT2D eigenvalue weighted by atomic mass is 10.0. The fourth-order valence-corrected chi connectivity index (χ4v) is 3.75. The van der Waals surface area contributed by atoms with Gasteiger partial charge in [0.05, 0.1) is 6.61 Å². The largest absolute Gasteiger partial charge is 0.494 e. The van der Waals surface area contributed by atoms with Gasteiger partial charge in [-0.15, -0.1) is 0 Å². The summed E-state index contributed by atoms with van der Waals surface area (Å²) in [5.74, 6) is 0.464. The molecule has 2 heterocycles. The normalized spacial score (nSPS) is 17.1. The van der Waals surface area contributed by atoms with Crippen molar-refractivity contribution in [2.45, 2.75) is 31.7 Å². The van der Waals surface area contributed by atoms with E-state index in [4.69, 9.17) is 10.5 Å². The van der Waals surface area contributed by atoms with Gasteiger partial charge in [-0.2, -0.15) is 0 Å². The van der Waals surface area contributed by atoms with E-state index in [0.29, 0.717) is 11.6 Å². The monoisotopic (exact) mass is 363 g/mol. The number of rotatable bonds is 6. The minimum Gasteiger partial charge on any atom is -0.494 e. The smallest absolute Gasteiger partial charge is 0.249 e. The Bertz CT molecular complexity index is 924. The van der Waals surface area contributed by atoms with Crippen molar-refractivity contribution in [1.82, 2.24) is 10.3 Å². The van der Waals surface area contributed by atoms with Crippen LogP contribution in [0, 0.1) is 0 Å². The van der Waals surface area contributed by atoms with Crippen LogP contribution < -0.4 is 15.8 Å². The molecule has 4 rings (SSSR count). The number of hydrogen-bond acceptors (Lipinski definition) is 3. The number of fused-ring (bicyclic) bond motifs is 1. The van der Waals surface area contributed by atoms with E-state index in [1.807, 2.05) is 42.5 Å². The number of benzene rings is 2. The molecule has 4 N–H and O–H groups in total. The van der Waals surface area contributed by atoms with Crippen LogP contribution in [-0.4, -0.2) is 30.1 Å². The summed E-state index contributed by atoms with van der Waals surface area (Å²) in [6, 6.07) is 16.1. The number of nitrogens with two attached hydrogens (primary N) is 1. The zero-order valence-corrected chi connectivity index (χ0v) is 15.3. The highest BCUT2D eigenvalue weighted by atomic mass is 16.5. The van der Waals surface area contributed by atoms with Gasteiger partial charge in [-0.25, -0.2) is 0 Å². The van der Waals surface area contributed by atoms with Crippen molar-refractivity contribution in [3.63, 3.8) is 0 Å². The van der Waals surface area contributed by atoms with Crippen LogP contribution in [0.4, 0.5) is 0 Å². The van der Waals surface area contributed by atoms with E-state index in [1.54, 1.807) is 6.07 Å². The molecule has 3 aromatic rings. The van der Waals surface area contributed by atoms with Gasteiger partial charge in [0.25, 0.3) is 0 Å². The summed E-state index contributed by atoms with van der Waals surface area (Å²) in [5, 5.41) is 4.39. The first-order chi connectivity index (χ1) is 13.2. The summed E-state index contributed by atoms with van der Waals surface area (Å²) < 4.78 is 5.90. The van der Waals surface area contributed by atoms with Crippen LogP contribution in [0.2, 0.25) is 0 Å². The van der Waals surface area contributed by atoms with Gasteiger partial charge in [0.15, 0.2) is 0 Å². The number of carbonyl (C=O) groups excluding carboxylic acids is 1. The molecular formula is C22H25N3O2. The topological polar surface area (TPSA) is 80.1 Å². The van der Waals surface area contributed by atoms with E-state index in [1.165, 1.54) is 19.3 Å². The molecular weight excluding hydrogens is 338 g/mol. The molecule has 0 saturated carbocycles. The summed E-state index contributed by atoms with van der Waals surface area (Å²) in [4.78, 5) is 15.0. The van der Waals surface area contributed by atoms with E-state index < -0.39 is 5.91 Å². The van der Waals surface area contributed by atoms with Gasteiger partial charge >= 0.3 is 0 Å². The number of primary amides is 1. The SMILES string of the molecule is NC(=O)c1cccc2[nH]c(-c3ccc(OCCC4CCCCN4)cc3)cc12. The summed E-state index contributed by atoms with van der Waals surface area (Å²) in [6.45, 7) is 1.85. The second-order valence-corrected chi connectivity index (χ2v) is 7.12. The third kappa shape index (κ3) is 3.98. The highest BCUT2D eigenvalue weighted by Crippen LogP contribution is 2.27. The number of aromatic nitrogens is 1. The Morgan fingerprint density at radius 1 is 1.15 bits per heavy atom. The summed E-state index contributed by atoms with van der Waals surface area (Å²) >= 11 is 0. The number of H-pyrrole nitrogens is 1. The molecule has 5 heteroatoms. The van der Waals surface area contributed by atoms with Gasteiger partial charge < -0.3 is 20.8 Å². The van der Waals surface area contributed by atoms with Crippen molar-refractivity contribution in [2.24, 2.45) is 5.73 Å². The molecule has 27 heavy (non-hydrogen) atoms. The first kappa shape index (κ1) is 17.6. The lowest BCUT2D eigenvalue weighted by Gasteiger charge is -2.23. The van der Waals surface area contributed by atoms with Crippen molar-refractivity contribution >= 4 is 16.8 Å². The van der Waals surface area contributed by atoms with Crippen LogP contribution in [0.1, 0.15) is 36.0 Å². The lowest BCUT2D eigenvalue weighted by Crippen LogP contribution is -2.35. The molecule has 2 aromatic carbocycles. The van der Waals surface area contributed by atoms with Gasteiger partial charge in [-0.05, 0) is 73.8 Å². The molecule has 1 amide bonds. The standard InChI is InChI=1S/C22H25N3O2/c23-22(26)18-5-3-6-20-19(18)14-21(25-20)15-7-9-17(10-8-15)27-13-11-16-4-1-2-12-24-16/h3,5-10,14,16,24-25H,1-2,4,11-13H2,(H2,23,26). The van der Waals surface area contributed by atoms with Gasteiger partial charge in [-0.3, -0.25) is 4.79 Å².